The number of amides is 2. The standard InChI is InChI=1S/C25H24F3N5O2/c26-19-3-4-20(27)23(28)17(19)13-22(34)32-12-7-21-18(15-32)24(25(35)31-10-1-2-11-31)30-33(21)14-16-5-8-29-9-6-16/h3-6,8-9H,1-2,7,10-15H2. The van der Waals surface area contributed by atoms with Crippen LogP contribution in [0.3, 0.4) is 0 Å². The number of aromatic nitrogens is 3. The summed E-state index contributed by atoms with van der Waals surface area (Å²) in [6.07, 6.45) is 5.06. The molecule has 1 aromatic carbocycles. The lowest BCUT2D eigenvalue weighted by Crippen LogP contribution is -2.38. The summed E-state index contributed by atoms with van der Waals surface area (Å²) in [7, 11) is 0. The highest BCUT2D eigenvalue weighted by molar-refractivity contribution is 5.94. The molecule has 0 spiro atoms. The van der Waals surface area contributed by atoms with E-state index >= 15 is 0 Å². The van der Waals surface area contributed by atoms with Crippen molar-refractivity contribution in [2.24, 2.45) is 0 Å². The van der Waals surface area contributed by atoms with Gasteiger partial charge >= 0.3 is 0 Å². The number of carbonyl (C=O) groups excluding carboxylic acids is 2. The predicted molar refractivity (Wildman–Crippen MR) is 120 cm³/mol. The molecule has 1 saturated heterocycles. The number of halogens is 3. The Kier molecular flexibility index (Phi) is 6.27. The molecule has 2 amide bonds. The maximum Gasteiger partial charge on any atom is 0.274 e. The van der Waals surface area contributed by atoms with Crippen molar-refractivity contribution in [3.63, 3.8) is 0 Å². The molecule has 0 saturated carbocycles. The number of hydrogen-bond acceptors (Lipinski definition) is 4. The smallest absolute Gasteiger partial charge is 0.274 e. The first-order valence-electron chi connectivity index (χ1n) is 11.6. The second-order valence-electron chi connectivity index (χ2n) is 8.85. The van der Waals surface area contributed by atoms with E-state index in [1.54, 1.807) is 22.0 Å². The van der Waals surface area contributed by atoms with Crippen molar-refractivity contribution in [3.05, 3.63) is 82.2 Å². The second kappa shape index (κ2) is 9.52. The largest absolute Gasteiger partial charge is 0.338 e. The molecule has 0 radical (unpaired) electrons. The minimum absolute atomic E-state index is 0.0952. The summed E-state index contributed by atoms with van der Waals surface area (Å²) in [6.45, 7) is 2.16. The first kappa shape index (κ1) is 23.1. The van der Waals surface area contributed by atoms with Crippen LogP contribution in [-0.2, 0) is 30.7 Å². The molecule has 10 heteroatoms. The number of benzene rings is 1. The van der Waals surface area contributed by atoms with Crippen LogP contribution in [-0.4, -0.2) is 56.0 Å². The highest BCUT2D eigenvalue weighted by Crippen LogP contribution is 2.27. The highest BCUT2D eigenvalue weighted by atomic mass is 19.2. The highest BCUT2D eigenvalue weighted by Gasteiger charge is 2.33. The number of carbonyl (C=O) groups is 2. The first-order valence-corrected chi connectivity index (χ1v) is 11.6. The molecule has 1 fully saturated rings. The van der Waals surface area contributed by atoms with Gasteiger partial charge in [-0.25, -0.2) is 13.2 Å². The van der Waals surface area contributed by atoms with Crippen molar-refractivity contribution in [1.29, 1.82) is 0 Å². The van der Waals surface area contributed by atoms with Gasteiger partial charge in [-0.3, -0.25) is 19.3 Å². The van der Waals surface area contributed by atoms with Gasteiger partial charge in [0.1, 0.15) is 5.82 Å². The first-order chi connectivity index (χ1) is 16.9. The Morgan fingerprint density at radius 2 is 1.63 bits per heavy atom. The van der Waals surface area contributed by atoms with Crippen molar-refractivity contribution in [3.8, 4) is 0 Å². The maximum absolute atomic E-state index is 14.1. The lowest BCUT2D eigenvalue weighted by atomic mass is 10.0. The maximum atomic E-state index is 14.1. The van der Waals surface area contributed by atoms with E-state index in [4.69, 9.17) is 0 Å². The van der Waals surface area contributed by atoms with Gasteiger partial charge in [0, 0.05) is 61.8 Å². The molecule has 3 aromatic rings. The number of nitrogens with zero attached hydrogens (tertiary/aromatic N) is 5. The van der Waals surface area contributed by atoms with Crippen LogP contribution in [0.5, 0.6) is 0 Å². The fourth-order valence-corrected chi connectivity index (χ4v) is 4.73. The summed E-state index contributed by atoms with van der Waals surface area (Å²) < 4.78 is 43.6. The zero-order chi connectivity index (χ0) is 24.5. The molecule has 2 aromatic heterocycles. The molecular weight excluding hydrogens is 459 g/mol. The van der Waals surface area contributed by atoms with E-state index in [0.717, 1.165) is 30.2 Å². The van der Waals surface area contributed by atoms with Crippen LogP contribution in [0.2, 0.25) is 0 Å². The molecule has 7 nitrogen and oxygen atoms in total. The van der Waals surface area contributed by atoms with Gasteiger partial charge in [-0.05, 0) is 42.7 Å². The Labute approximate surface area is 200 Å². The van der Waals surface area contributed by atoms with Crippen LogP contribution in [0.1, 0.15) is 45.7 Å². The molecule has 0 N–H and O–H groups in total. The quantitative estimate of drug-likeness (QED) is 0.523. The zero-order valence-electron chi connectivity index (χ0n) is 19.0. The van der Waals surface area contributed by atoms with Gasteiger partial charge in [-0.1, -0.05) is 0 Å². The van der Waals surface area contributed by atoms with E-state index < -0.39 is 35.3 Å². The summed E-state index contributed by atoms with van der Waals surface area (Å²) in [5.41, 5.74) is 2.19. The summed E-state index contributed by atoms with van der Waals surface area (Å²) in [5.74, 6) is -4.24. The molecule has 0 aliphatic carbocycles. The topological polar surface area (TPSA) is 71.3 Å². The third kappa shape index (κ3) is 4.52. The van der Waals surface area contributed by atoms with E-state index in [0.29, 0.717) is 49.9 Å². The van der Waals surface area contributed by atoms with E-state index in [-0.39, 0.29) is 12.5 Å². The Morgan fingerprint density at radius 1 is 0.914 bits per heavy atom. The molecule has 182 valence electrons. The van der Waals surface area contributed by atoms with Crippen molar-refractivity contribution in [2.45, 2.75) is 38.8 Å². The van der Waals surface area contributed by atoms with Crippen LogP contribution < -0.4 is 0 Å². The van der Waals surface area contributed by atoms with Gasteiger partial charge in [0.25, 0.3) is 5.91 Å². The van der Waals surface area contributed by atoms with E-state index in [1.807, 2.05) is 12.1 Å². The minimum Gasteiger partial charge on any atom is -0.338 e. The van der Waals surface area contributed by atoms with Crippen molar-refractivity contribution >= 4 is 11.8 Å². The molecular formula is C25H24F3N5O2. The molecule has 2 aliphatic heterocycles. The molecule has 5 rings (SSSR count). The Hall–Kier alpha value is -3.69. The van der Waals surface area contributed by atoms with Crippen molar-refractivity contribution in [1.82, 2.24) is 24.6 Å². The van der Waals surface area contributed by atoms with Crippen LogP contribution in [0, 0.1) is 17.5 Å². The van der Waals surface area contributed by atoms with Gasteiger partial charge in [-0.2, -0.15) is 5.10 Å². The van der Waals surface area contributed by atoms with Gasteiger partial charge in [0.2, 0.25) is 5.91 Å². The van der Waals surface area contributed by atoms with Gasteiger partial charge in [-0.15, -0.1) is 0 Å². The van der Waals surface area contributed by atoms with Gasteiger partial charge < -0.3 is 9.80 Å². The summed E-state index contributed by atoms with van der Waals surface area (Å²) in [5, 5.41) is 4.65. The van der Waals surface area contributed by atoms with Crippen molar-refractivity contribution < 1.29 is 22.8 Å². The number of fused-ring (bicyclic) bond motifs is 1. The average molecular weight is 483 g/mol. The second-order valence-corrected chi connectivity index (χ2v) is 8.85. The molecule has 35 heavy (non-hydrogen) atoms. The third-order valence-electron chi connectivity index (χ3n) is 6.63. The van der Waals surface area contributed by atoms with Crippen molar-refractivity contribution in [2.75, 3.05) is 19.6 Å². The molecule has 2 aliphatic rings. The lowest BCUT2D eigenvalue weighted by Gasteiger charge is -2.28. The number of pyridine rings is 1. The Morgan fingerprint density at radius 3 is 2.37 bits per heavy atom. The van der Waals surface area contributed by atoms with Crippen LogP contribution in [0.4, 0.5) is 13.2 Å². The zero-order valence-corrected chi connectivity index (χ0v) is 19.0. The van der Waals surface area contributed by atoms with Crippen LogP contribution in [0.15, 0.2) is 36.7 Å². The van der Waals surface area contributed by atoms with E-state index in [9.17, 15) is 22.8 Å². The summed E-state index contributed by atoms with van der Waals surface area (Å²) >= 11 is 0. The Bertz CT molecular complexity index is 1270. The number of rotatable bonds is 5. The molecule has 0 unspecified atom stereocenters. The van der Waals surface area contributed by atoms with Crippen LogP contribution >= 0.6 is 0 Å². The molecule has 0 bridgehead atoms. The fourth-order valence-electron chi connectivity index (χ4n) is 4.73. The minimum atomic E-state index is -1.36. The Balaban J connectivity index is 1.43. The normalized spacial score (nSPS) is 15.4. The fraction of sp³-hybridized carbons (Fsp3) is 0.360. The van der Waals surface area contributed by atoms with Gasteiger partial charge in [0.05, 0.1) is 13.0 Å². The average Bonchev–Trinajstić information content (AvgIpc) is 3.53. The molecule has 0 atom stereocenters. The lowest BCUT2D eigenvalue weighted by molar-refractivity contribution is -0.131. The number of likely N-dealkylation sites (tertiary alicyclic amines) is 1. The van der Waals surface area contributed by atoms with E-state index in [2.05, 4.69) is 10.1 Å². The van der Waals surface area contributed by atoms with Crippen LogP contribution in [0.25, 0.3) is 0 Å². The van der Waals surface area contributed by atoms with Gasteiger partial charge in [0.15, 0.2) is 17.3 Å². The third-order valence-corrected chi connectivity index (χ3v) is 6.63. The summed E-state index contributed by atoms with van der Waals surface area (Å²) in [4.78, 5) is 33.5. The predicted octanol–water partition coefficient (Wildman–Crippen LogP) is 3.11. The number of hydrogen-bond donors (Lipinski definition) is 0. The monoisotopic (exact) mass is 483 g/mol. The van der Waals surface area contributed by atoms with E-state index in [1.165, 1.54) is 4.90 Å². The SMILES string of the molecule is O=C(Cc1c(F)ccc(F)c1F)N1CCc2c(c(C(=O)N3CCCC3)nn2Cc2ccncc2)C1. The summed E-state index contributed by atoms with van der Waals surface area (Å²) in [6, 6.07) is 5.25. The molecule has 4 heterocycles.